The first kappa shape index (κ1) is 12.4. The first-order valence-corrected chi connectivity index (χ1v) is 3.45. The van der Waals surface area contributed by atoms with Gasteiger partial charge in [-0.2, -0.15) is 5.10 Å². The molecule has 0 aliphatic carbocycles. The average molecular weight is 153 g/mol. The van der Waals surface area contributed by atoms with E-state index in [1.54, 1.807) is 13.0 Å². The van der Waals surface area contributed by atoms with E-state index < -0.39 is 0 Å². The van der Waals surface area contributed by atoms with Gasteiger partial charge < -0.3 is 0 Å². The van der Waals surface area contributed by atoms with Crippen molar-refractivity contribution in [2.45, 2.75) is 20.8 Å². The van der Waals surface area contributed by atoms with E-state index in [1.807, 2.05) is 13.8 Å². The molecule has 0 N–H and O–H groups in total. The predicted molar refractivity (Wildman–Crippen MR) is 52.7 cm³/mol. The Balaban J connectivity index is 0. The van der Waals surface area contributed by atoms with Gasteiger partial charge in [0, 0.05) is 0 Å². The molecule has 11 heavy (non-hydrogen) atoms. The van der Waals surface area contributed by atoms with Crippen LogP contribution in [0.2, 0.25) is 0 Å². The third-order valence-electron chi connectivity index (χ3n) is 0.644. The molecule has 0 bridgehead atoms. The molecule has 0 unspecified atom stereocenters. The fourth-order valence-electron chi connectivity index (χ4n) is 0.194. The Labute approximate surface area is 68.3 Å². The Morgan fingerprint density at radius 3 is 2.27 bits per heavy atom. The van der Waals surface area contributed by atoms with Crippen molar-refractivity contribution in [3.05, 3.63) is 12.7 Å². The summed E-state index contributed by atoms with van der Waals surface area (Å²) >= 11 is 0. The van der Waals surface area contributed by atoms with Crippen LogP contribution < -0.4 is 0 Å². The van der Waals surface area contributed by atoms with Crippen LogP contribution in [-0.2, 0) is 0 Å². The first-order valence-electron chi connectivity index (χ1n) is 3.45. The lowest BCUT2D eigenvalue weighted by atomic mass is 10.4. The minimum atomic E-state index is 0.759. The number of allylic oxidation sites excluding steroid dienone is 1. The van der Waals surface area contributed by atoms with Gasteiger partial charge in [0.25, 0.3) is 0 Å². The van der Waals surface area contributed by atoms with Crippen molar-refractivity contribution in [1.29, 1.82) is 0 Å². The van der Waals surface area contributed by atoms with Crippen LogP contribution in [0.1, 0.15) is 20.8 Å². The quantitative estimate of drug-likeness (QED) is 0.339. The van der Waals surface area contributed by atoms with Crippen molar-refractivity contribution in [1.82, 2.24) is 0 Å². The van der Waals surface area contributed by atoms with Gasteiger partial charge in [-0.15, -0.1) is 5.10 Å². The van der Waals surface area contributed by atoms with E-state index in [1.165, 1.54) is 6.34 Å². The van der Waals surface area contributed by atoms with E-state index in [4.69, 9.17) is 0 Å². The van der Waals surface area contributed by atoms with Crippen molar-refractivity contribution in [3.8, 4) is 0 Å². The second-order valence-corrected chi connectivity index (χ2v) is 1.36. The largest absolute Gasteiger partial charge is 0.251 e. The van der Waals surface area contributed by atoms with Gasteiger partial charge in [0.15, 0.2) is 0 Å². The molecular formula is C8H15N3. The minimum absolute atomic E-state index is 0.759. The number of hydrogen-bond donors (Lipinski definition) is 0. The lowest BCUT2D eigenvalue weighted by Crippen LogP contribution is -1.79. The smallest absolute Gasteiger partial charge is 0.137 e. The highest BCUT2D eigenvalue weighted by molar-refractivity contribution is 5.92. The molecule has 0 amide bonds. The monoisotopic (exact) mass is 153 g/mol. The maximum absolute atomic E-state index is 3.67. The molecular weight excluding hydrogens is 138 g/mol. The molecule has 0 fully saturated rings. The maximum atomic E-state index is 3.67. The summed E-state index contributed by atoms with van der Waals surface area (Å²) in [5.41, 5.74) is 0.759. The van der Waals surface area contributed by atoms with Crippen molar-refractivity contribution < 1.29 is 0 Å². The van der Waals surface area contributed by atoms with Crippen molar-refractivity contribution in [2.75, 3.05) is 0 Å². The fraction of sp³-hybridized carbons (Fsp3) is 0.375. The summed E-state index contributed by atoms with van der Waals surface area (Å²) in [6, 6.07) is 0. The molecule has 0 aromatic heterocycles. The van der Waals surface area contributed by atoms with Gasteiger partial charge in [0.2, 0.25) is 0 Å². The zero-order chi connectivity index (χ0) is 9.11. The highest BCUT2D eigenvalue weighted by atomic mass is 15.2. The topological polar surface area (TPSA) is 37.1 Å². The minimum Gasteiger partial charge on any atom is -0.251 e. The Morgan fingerprint density at radius 1 is 1.36 bits per heavy atom. The van der Waals surface area contributed by atoms with Crippen LogP contribution in [0.25, 0.3) is 0 Å². The molecule has 0 rings (SSSR count). The summed E-state index contributed by atoms with van der Waals surface area (Å²) in [7, 11) is 0. The van der Waals surface area contributed by atoms with Gasteiger partial charge in [-0.05, 0) is 19.7 Å². The zero-order valence-electron chi connectivity index (χ0n) is 7.41. The Hall–Kier alpha value is -1.25. The number of nitrogens with zero attached hydrogens (tertiary/aromatic N) is 3. The molecule has 0 saturated carbocycles. The third kappa shape index (κ3) is 12.1. The summed E-state index contributed by atoms with van der Waals surface area (Å²) in [6.07, 6.45) is 2.88. The summed E-state index contributed by atoms with van der Waals surface area (Å²) in [5.74, 6) is 0. The van der Waals surface area contributed by atoms with Crippen molar-refractivity contribution in [2.24, 2.45) is 15.2 Å². The molecule has 3 nitrogen and oxygen atoms in total. The van der Waals surface area contributed by atoms with E-state index in [-0.39, 0.29) is 0 Å². The maximum Gasteiger partial charge on any atom is 0.137 e. The SMILES string of the molecule is C=C/C(C)=N\N=C/N=C.CC. The molecule has 0 aromatic rings. The Bertz CT molecular complexity index is 157. The van der Waals surface area contributed by atoms with Crippen LogP contribution >= 0.6 is 0 Å². The second-order valence-electron chi connectivity index (χ2n) is 1.36. The third-order valence-corrected chi connectivity index (χ3v) is 0.644. The predicted octanol–water partition coefficient (Wildman–Crippen LogP) is 2.30. The van der Waals surface area contributed by atoms with E-state index in [2.05, 4.69) is 28.5 Å². The van der Waals surface area contributed by atoms with Crippen LogP contribution in [-0.4, -0.2) is 18.8 Å². The van der Waals surface area contributed by atoms with Gasteiger partial charge in [0.1, 0.15) is 6.34 Å². The second kappa shape index (κ2) is 11.5. The van der Waals surface area contributed by atoms with Gasteiger partial charge in [-0.1, -0.05) is 20.4 Å². The molecule has 0 aromatic carbocycles. The van der Waals surface area contributed by atoms with E-state index in [9.17, 15) is 0 Å². The number of aliphatic imine (C=N–C) groups is 1. The summed E-state index contributed by atoms with van der Waals surface area (Å²) in [4.78, 5) is 3.36. The van der Waals surface area contributed by atoms with E-state index >= 15 is 0 Å². The fourth-order valence-corrected chi connectivity index (χ4v) is 0.194. The summed E-state index contributed by atoms with van der Waals surface area (Å²) in [6.45, 7) is 12.5. The number of hydrogen-bond acceptors (Lipinski definition) is 2. The van der Waals surface area contributed by atoms with Crippen LogP contribution in [0.4, 0.5) is 0 Å². The molecule has 0 atom stereocenters. The number of rotatable bonds is 3. The molecule has 0 aliphatic heterocycles. The van der Waals surface area contributed by atoms with Crippen LogP contribution in [0, 0.1) is 0 Å². The average Bonchev–Trinajstić information content (AvgIpc) is 2.08. The highest BCUT2D eigenvalue weighted by Crippen LogP contribution is 1.77. The normalized spacial score (nSPS) is 10.3. The molecule has 0 radical (unpaired) electrons. The van der Waals surface area contributed by atoms with Gasteiger partial charge >= 0.3 is 0 Å². The lowest BCUT2D eigenvalue weighted by molar-refractivity contribution is 1.24. The molecule has 0 saturated heterocycles. The summed E-state index contributed by atoms with van der Waals surface area (Å²) in [5, 5.41) is 7.19. The van der Waals surface area contributed by atoms with Gasteiger partial charge in [0.05, 0.1) is 5.71 Å². The van der Waals surface area contributed by atoms with Crippen LogP contribution in [0.3, 0.4) is 0 Å². The van der Waals surface area contributed by atoms with Crippen LogP contribution in [0.15, 0.2) is 27.9 Å². The standard InChI is InChI=1S/C6H9N3.C2H6/c1-4-6(2)9-8-5-7-3;1-2/h4-5H,1,3H2,2H3;1-2H3/b8-5-,9-6-;. The molecule has 0 spiro atoms. The van der Waals surface area contributed by atoms with E-state index in [0.717, 1.165) is 5.71 Å². The molecule has 0 aliphatic rings. The van der Waals surface area contributed by atoms with Crippen molar-refractivity contribution >= 4 is 18.8 Å². The van der Waals surface area contributed by atoms with Gasteiger partial charge in [-0.3, -0.25) is 4.99 Å². The zero-order valence-corrected chi connectivity index (χ0v) is 7.41. The van der Waals surface area contributed by atoms with Gasteiger partial charge in [-0.25, -0.2) is 0 Å². The lowest BCUT2D eigenvalue weighted by Gasteiger charge is -1.80. The molecule has 62 valence electrons. The highest BCUT2D eigenvalue weighted by Gasteiger charge is 1.73. The van der Waals surface area contributed by atoms with Crippen molar-refractivity contribution in [3.63, 3.8) is 0 Å². The first-order chi connectivity index (χ1) is 5.31. The van der Waals surface area contributed by atoms with E-state index in [0.29, 0.717) is 0 Å². The van der Waals surface area contributed by atoms with Crippen LogP contribution in [0.5, 0.6) is 0 Å². The Morgan fingerprint density at radius 2 is 1.91 bits per heavy atom. The summed E-state index contributed by atoms with van der Waals surface area (Å²) < 4.78 is 0. The molecule has 3 heteroatoms. The Kier molecular flexibility index (Phi) is 13.0. The molecule has 0 heterocycles.